The third kappa shape index (κ3) is 3.69. The highest BCUT2D eigenvalue weighted by atomic mass is 32.2. The van der Waals surface area contributed by atoms with Gasteiger partial charge in [0.2, 0.25) is 5.91 Å². The van der Waals surface area contributed by atoms with E-state index in [0.717, 1.165) is 24.3 Å². The van der Waals surface area contributed by atoms with Gasteiger partial charge in [0.05, 0.1) is 6.07 Å². The Morgan fingerprint density at radius 1 is 1.69 bits per heavy atom. The number of unbranched alkanes of at least 4 members (excludes halogenated alkanes) is 1. The van der Waals surface area contributed by atoms with E-state index < -0.39 is 0 Å². The van der Waals surface area contributed by atoms with Crippen molar-refractivity contribution >= 4 is 17.7 Å². The van der Waals surface area contributed by atoms with Gasteiger partial charge in [-0.3, -0.25) is 4.79 Å². The van der Waals surface area contributed by atoms with Gasteiger partial charge < -0.3 is 5.32 Å². The molecule has 1 heterocycles. The van der Waals surface area contributed by atoms with Crippen LogP contribution in [0.5, 0.6) is 0 Å². The van der Waals surface area contributed by atoms with Gasteiger partial charge in [0, 0.05) is 24.6 Å². The number of nitriles is 1. The Morgan fingerprint density at radius 3 is 3.15 bits per heavy atom. The normalized spacial score (nSPS) is 21.0. The van der Waals surface area contributed by atoms with Gasteiger partial charge in [0.25, 0.3) is 0 Å². The van der Waals surface area contributed by atoms with Crippen molar-refractivity contribution < 1.29 is 4.79 Å². The van der Waals surface area contributed by atoms with Gasteiger partial charge in [-0.05, 0) is 18.6 Å². The minimum Gasteiger partial charge on any atom is -0.356 e. The molecule has 0 aromatic rings. The molecule has 0 radical (unpaired) electrons. The number of hydrogen-bond donors (Lipinski definition) is 1. The molecule has 0 aliphatic carbocycles. The van der Waals surface area contributed by atoms with E-state index in [1.54, 1.807) is 0 Å². The van der Waals surface area contributed by atoms with Gasteiger partial charge in [-0.25, -0.2) is 0 Å². The second-order valence-electron chi connectivity index (χ2n) is 3.11. The van der Waals surface area contributed by atoms with Crippen LogP contribution in [0.2, 0.25) is 0 Å². The topological polar surface area (TPSA) is 52.9 Å². The molecule has 3 nitrogen and oxygen atoms in total. The maximum absolute atomic E-state index is 11.4. The van der Waals surface area contributed by atoms with Crippen LogP contribution in [0.15, 0.2) is 0 Å². The van der Waals surface area contributed by atoms with Crippen molar-refractivity contribution in [3.63, 3.8) is 0 Å². The van der Waals surface area contributed by atoms with Crippen LogP contribution in [-0.4, -0.2) is 24.0 Å². The van der Waals surface area contributed by atoms with Crippen LogP contribution in [0.3, 0.4) is 0 Å². The predicted octanol–water partition coefficient (Wildman–Crippen LogP) is 1.16. The molecule has 0 saturated carbocycles. The maximum Gasteiger partial charge on any atom is 0.223 e. The van der Waals surface area contributed by atoms with Gasteiger partial charge in [-0.2, -0.15) is 17.0 Å². The Morgan fingerprint density at radius 2 is 2.54 bits per heavy atom. The molecule has 1 unspecified atom stereocenters. The molecule has 1 aliphatic heterocycles. The molecular formula is C9H14N2OS. The number of nitrogens with zero attached hydrogens (tertiary/aromatic N) is 1. The Labute approximate surface area is 82.9 Å². The van der Waals surface area contributed by atoms with Crippen molar-refractivity contribution in [2.75, 3.05) is 18.1 Å². The monoisotopic (exact) mass is 198 g/mol. The highest BCUT2D eigenvalue weighted by Gasteiger charge is 2.22. The van der Waals surface area contributed by atoms with Crippen LogP contribution >= 0.6 is 11.8 Å². The predicted molar refractivity (Wildman–Crippen MR) is 53.3 cm³/mol. The fourth-order valence-electron chi connectivity index (χ4n) is 1.26. The zero-order chi connectivity index (χ0) is 9.52. The van der Waals surface area contributed by atoms with Gasteiger partial charge in [0.15, 0.2) is 0 Å². The molecular weight excluding hydrogens is 184 g/mol. The highest BCUT2D eigenvalue weighted by molar-refractivity contribution is 7.99. The molecule has 1 amide bonds. The van der Waals surface area contributed by atoms with E-state index in [0.29, 0.717) is 13.0 Å². The first-order chi connectivity index (χ1) is 6.34. The van der Waals surface area contributed by atoms with E-state index in [2.05, 4.69) is 11.4 Å². The van der Waals surface area contributed by atoms with Crippen LogP contribution in [0.25, 0.3) is 0 Å². The first-order valence-electron chi connectivity index (χ1n) is 4.57. The zero-order valence-electron chi connectivity index (χ0n) is 7.58. The van der Waals surface area contributed by atoms with E-state index in [4.69, 9.17) is 5.26 Å². The first-order valence-corrected chi connectivity index (χ1v) is 5.72. The molecule has 0 spiro atoms. The minimum absolute atomic E-state index is 0.169. The lowest BCUT2D eigenvalue weighted by molar-refractivity contribution is -0.124. The summed E-state index contributed by atoms with van der Waals surface area (Å²) >= 11 is 1.84. The summed E-state index contributed by atoms with van der Waals surface area (Å²) in [5, 5.41) is 11.1. The number of nitrogens with one attached hydrogen (secondary N) is 1. The SMILES string of the molecule is N#CCCCNC(=O)C1CCSC1. The van der Waals surface area contributed by atoms with Crippen molar-refractivity contribution in [3.05, 3.63) is 0 Å². The Hall–Kier alpha value is -0.690. The third-order valence-electron chi connectivity index (χ3n) is 2.07. The Kier molecular flexibility index (Phi) is 4.69. The van der Waals surface area contributed by atoms with Crippen molar-refractivity contribution in [1.29, 1.82) is 5.26 Å². The van der Waals surface area contributed by atoms with Gasteiger partial charge in [0.1, 0.15) is 0 Å². The van der Waals surface area contributed by atoms with E-state index >= 15 is 0 Å². The molecule has 1 aliphatic rings. The average Bonchev–Trinajstić information content (AvgIpc) is 2.65. The van der Waals surface area contributed by atoms with Crippen LogP contribution in [0.1, 0.15) is 19.3 Å². The number of thioether (sulfide) groups is 1. The summed E-state index contributed by atoms with van der Waals surface area (Å²) in [5.74, 6) is 2.45. The number of amides is 1. The lowest BCUT2D eigenvalue weighted by Gasteiger charge is -2.08. The van der Waals surface area contributed by atoms with Gasteiger partial charge in [-0.15, -0.1) is 0 Å². The summed E-state index contributed by atoms with van der Waals surface area (Å²) in [6.07, 6.45) is 2.30. The average molecular weight is 198 g/mol. The van der Waals surface area contributed by atoms with Crippen molar-refractivity contribution in [1.82, 2.24) is 5.32 Å². The van der Waals surface area contributed by atoms with Crippen LogP contribution < -0.4 is 5.32 Å². The van der Waals surface area contributed by atoms with Crippen LogP contribution in [0.4, 0.5) is 0 Å². The first kappa shape index (κ1) is 10.4. The molecule has 1 N–H and O–H groups in total. The van der Waals surface area contributed by atoms with Crippen LogP contribution in [0, 0.1) is 17.2 Å². The minimum atomic E-state index is 0.169. The van der Waals surface area contributed by atoms with E-state index in [9.17, 15) is 4.79 Å². The lowest BCUT2D eigenvalue weighted by atomic mass is 10.1. The van der Waals surface area contributed by atoms with Crippen molar-refractivity contribution in [2.24, 2.45) is 5.92 Å². The quantitative estimate of drug-likeness (QED) is 0.690. The largest absolute Gasteiger partial charge is 0.356 e. The highest BCUT2D eigenvalue weighted by Crippen LogP contribution is 2.23. The lowest BCUT2D eigenvalue weighted by Crippen LogP contribution is -2.31. The number of carbonyl (C=O) groups excluding carboxylic acids is 1. The fourth-order valence-corrected chi connectivity index (χ4v) is 2.49. The van der Waals surface area contributed by atoms with Gasteiger partial charge >= 0.3 is 0 Å². The molecule has 0 bridgehead atoms. The smallest absolute Gasteiger partial charge is 0.223 e. The second-order valence-corrected chi connectivity index (χ2v) is 4.26. The van der Waals surface area contributed by atoms with E-state index in [1.807, 2.05) is 11.8 Å². The number of carbonyl (C=O) groups is 1. The summed E-state index contributed by atoms with van der Waals surface area (Å²) in [5.41, 5.74) is 0. The molecule has 1 saturated heterocycles. The van der Waals surface area contributed by atoms with Crippen molar-refractivity contribution in [3.8, 4) is 6.07 Å². The summed E-state index contributed by atoms with van der Waals surface area (Å²) in [6, 6.07) is 2.06. The van der Waals surface area contributed by atoms with Crippen LogP contribution in [-0.2, 0) is 4.79 Å². The summed E-state index contributed by atoms with van der Waals surface area (Å²) in [4.78, 5) is 11.4. The summed E-state index contributed by atoms with van der Waals surface area (Å²) in [7, 11) is 0. The standard InChI is InChI=1S/C9H14N2OS/c10-4-1-2-5-11-9(12)8-3-6-13-7-8/h8H,1-3,5-7H2,(H,11,12). The molecule has 1 atom stereocenters. The van der Waals surface area contributed by atoms with Crippen molar-refractivity contribution in [2.45, 2.75) is 19.3 Å². The Bertz CT molecular complexity index is 206. The molecule has 1 rings (SSSR count). The van der Waals surface area contributed by atoms with E-state index in [-0.39, 0.29) is 11.8 Å². The van der Waals surface area contributed by atoms with Gasteiger partial charge in [-0.1, -0.05) is 0 Å². The third-order valence-corrected chi connectivity index (χ3v) is 3.23. The molecule has 1 fully saturated rings. The Balaban J connectivity index is 2.07. The second kappa shape index (κ2) is 5.87. The molecule has 0 aromatic carbocycles. The molecule has 13 heavy (non-hydrogen) atoms. The maximum atomic E-state index is 11.4. The molecule has 4 heteroatoms. The summed E-state index contributed by atoms with van der Waals surface area (Å²) < 4.78 is 0. The fraction of sp³-hybridized carbons (Fsp3) is 0.778. The van der Waals surface area contributed by atoms with E-state index in [1.165, 1.54) is 0 Å². The number of rotatable bonds is 4. The molecule has 0 aromatic heterocycles. The number of hydrogen-bond acceptors (Lipinski definition) is 3. The zero-order valence-corrected chi connectivity index (χ0v) is 8.40. The molecule has 72 valence electrons. The summed E-state index contributed by atoms with van der Waals surface area (Å²) in [6.45, 7) is 0.646.